The molecule has 1 aliphatic carbocycles. The van der Waals surface area contributed by atoms with Crippen LogP contribution in [-0.2, 0) is 26.2 Å². The van der Waals surface area contributed by atoms with Crippen molar-refractivity contribution in [1.29, 1.82) is 0 Å². The number of ether oxygens (including phenoxy) is 1. The molecule has 2 amide bonds. The lowest BCUT2D eigenvalue weighted by Crippen LogP contribution is -2.52. The van der Waals surface area contributed by atoms with Crippen molar-refractivity contribution in [2.45, 2.75) is 63.1 Å². The minimum Gasteiger partial charge on any atom is -0.497 e. The van der Waals surface area contributed by atoms with Crippen LogP contribution in [0.25, 0.3) is 0 Å². The molecule has 3 aromatic carbocycles. The van der Waals surface area contributed by atoms with Gasteiger partial charge in [-0.25, -0.2) is 8.42 Å². The molecule has 1 atom stereocenters. The summed E-state index contributed by atoms with van der Waals surface area (Å²) in [5, 5.41) is 3.40. The number of nitrogens with one attached hydrogen (secondary N) is 1. The van der Waals surface area contributed by atoms with E-state index in [1.165, 1.54) is 23.1 Å². The molecule has 10 heteroatoms. The Morgan fingerprint density at radius 1 is 1.02 bits per heavy atom. The van der Waals surface area contributed by atoms with Crippen molar-refractivity contribution in [3.05, 3.63) is 88.9 Å². The Bertz CT molecular complexity index is 1470. The fraction of sp³-hybridized carbons (Fsp3) is 0.355. The second kappa shape index (κ2) is 13.4. The average molecular weight is 598 g/mol. The molecule has 3 aromatic rings. The van der Waals surface area contributed by atoms with Gasteiger partial charge in [-0.15, -0.1) is 0 Å². The van der Waals surface area contributed by atoms with Crippen LogP contribution in [0.15, 0.2) is 77.7 Å². The largest absolute Gasteiger partial charge is 0.497 e. The number of hydrogen-bond donors (Lipinski definition) is 1. The van der Waals surface area contributed by atoms with Crippen LogP contribution >= 0.6 is 11.6 Å². The van der Waals surface area contributed by atoms with Gasteiger partial charge in [-0.05, 0) is 74.7 Å². The SMILES string of the molecule is COc1cccc(CN(C(=O)CN(c2cccc(Cl)c2)S(=O)(=O)c2ccc(C)cc2)[C@H](C)C(=O)NC2CCCC2)c1. The Hall–Kier alpha value is -3.56. The maximum atomic E-state index is 14.1. The number of sulfonamides is 1. The van der Waals surface area contributed by atoms with Gasteiger partial charge < -0.3 is 15.0 Å². The molecule has 0 bridgehead atoms. The van der Waals surface area contributed by atoms with Gasteiger partial charge in [0.05, 0.1) is 17.7 Å². The summed E-state index contributed by atoms with van der Waals surface area (Å²) in [7, 11) is -2.60. The van der Waals surface area contributed by atoms with Crippen LogP contribution in [0, 0.1) is 6.92 Å². The van der Waals surface area contributed by atoms with E-state index >= 15 is 0 Å². The maximum absolute atomic E-state index is 14.1. The molecule has 0 saturated heterocycles. The van der Waals surface area contributed by atoms with Gasteiger partial charge in [0.25, 0.3) is 10.0 Å². The normalized spacial score (nSPS) is 14.3. The number of carbonyl (C=O) groups excluding carboxylic acids is 2. The molecule has 8 nitrogen and oxygen atoms in total. The van der Waals surface area contributed by atoms with Crippen LogP contribution in [0.4, 0.5) is 5.69 Å². The lowest BCUT2D eigenvalue weighted by Gasteiger charge is -2.32. The molecule has 0 aliphatic heterocycles. The van der Waals surface area contributed by atoms with E-state index < -0.39 is 28.5 Å². The Morgan fingerprint density at radius 2 is 1.71 bits per heavy atom. The van der Waals surface area contributed by atoms with Crippen LogP contribution in [-0.4, -0.2) is 50.9 Å². The first-order valence-electron chi connectivity index (χ1n) is 13.7. The van der Waals surface area contributed by atoms with Crippen molar-refractivity contribution in [1.82, 2.24) is 10.2 Å². The zero-order valence-corrected chi connectivity index (χ0v) is 25.1. The summed E-state index contributed by atoms with van der Waals surface area (Å²) >= 11 is 6.23. The van der Waals surface area contributed by atoms with E-state index in [4.69, 9.17) is 16.3 Å². The lowest BCUT2D eigenvalue weighted by atomic mass is 10.1. The Balaban J connectivity index is 1.69. The van der Waals surface area contributed by atoms with Crippen molar-refractivity contribution in [3.8, 4) is 5.75 Å². The van der Waals surface area contributed by atoms with Crippen molar-refractivity contribution in [3.63, 3.8) is 0 Å². The molecular weight excluding hydrogens is 562 g/mol. The summed E-state index contributed by atoms with van der Waals surface area (Å²) in [6.07, 6.45) is 3.91. The summed E-state index contributed by atoms with van der Waals surface area (Å²) in [5.74, 6) is -0.193. The number of amides is 2. The predicted octanol–water partition coefficient (Wildman–Crippen LogP) is 5.33. The number of carbonyl (C=O) groups is 2. The zero-order valence-electron chi connectivity index (χ0n) is 23.5. The van der Waals surface area contributed by atoms with E-state index in [9.17, 15) is 18.0 Å². The third-order valence-corrected chi connectivity index (χ3v) is 9.36. The standard InChI is InChI=1S/C31H36ClN3O5S/c1-22-14-16-29(17-15-22)41(38,39)35(27-12-7-9-25(32)19-27)21-30(36)34(20-24-8-6-13-28(18-24)40-3)23(2)31(37)33-26-10-4-5-11-26/h6-9,12-19,23,26H,4-5,10-11,20-21H2,1-3H3,(H,33,37)/t23-/m1/s1. The number of anilines is 1. The highest BCUT2D eigenvalue weighted by molar-refractivity contribution is 7.92. The highest BCUT2D eigenvalue weighted by Gasteiger charge is 2.33. The van der Waals surface area contributed by atoms with Gasteiger partial charge in [0.2, 0.25) is 11.8 Å². The fourth-order valence-corrected chi connectivity index (χ4v) is 6.53. The molecule has 1 fully saturated rings. The van der Waals surface area contributed by atoms with Crippen molar-refractivity contribution in [2.24, 2.45) is 0 Å². The number of hydrogen-bond acceptors (Lipinski definition) is 5. The molecule has 0 radical (unpaired) electrons. The summed E-state index contributed by atoms with van der Waals surface area (Å²) in [5.41, 5.74) is 1.89. The first kappa shape index (κ1) is 30.4. The second-order valence-corrected chi connectivity index (χ2v) is 12.6. The predicted molar refractivity (Wildman–Crippen MR) is 161 cm³/mol. The smallest absolute Gasteiger partial charge is 0.264 e. The van der Waals surface area contributed by atoms with Gasteiger partial charge >= 0.3 is 0 Å². The fourth-order valence-electron chi connectivity index (χ4n) is 4.94. The van der Waals surface area contributed by atoms with Gasteiger partial charge in [0.15, 0.2) is 0 Å². The number of methoxy groups -OCH3 is 1. The molecule has 41 heavy (non-hydrogen) atoms. The molecule has 0 heterocycles. The molecule has 1 saturated carbocycles. The summed E-state index contributed by atoms with van der Waals surface area (Å²) < 4.78 is 34.2. The Labute approximate surface area is 247 Å². The van der Waals surface area contributed by atoms with Crippen LogP contribution in [0.5, 0.6) is 5.75 Å². The average Bonchev–Trinajstić information content (AvgIpc) is 3.47. The first-order valence-corrected chi connectivity index (χ1v) is 15.5. The van der Waals surface area contributed by atoms with E-state index in [0.29, 0.717) is 10.8 Å². The van der Waals surface area contributed by atoms with E-state index in [0.717, 1.165) is 41.1 Å². The van der Waals surface area contributed by atoms with Crippen molar-refractivity contribution < 1.29 is 22.7 Å². The summed E-state index contributed by atoms with van der Waals surface area (Å²) in [4.78, 5) is 28.9. The minimum atomic E-state index is -4.16. The van der Waals surface area contributed by atoms with Gasteiger partial charge in [0.1, 0.15) is 18.3 Å². The highest BCUT2D eigenvalue weighted by atomic mass is 35.5. The molecular formula is C31H36ClN3O5S. The topological polar surface area (TPSA) is 96.0 Å². The van der Waals surface area contributed by atoms with Crippen molar-refractivity contribution in [2.75, 3.05) is 18.0 Å². The second-order valence-electron chi connectivity index (χ2n) is 10.3. The third kappa shape index (κ3) is 7.59. The van der Waals surface area contributed by atoms with E-state index in [2.05, 4.69) is 5.32 Å². The molecule has 0 aromatic heterocycles. The Kier molecular flexibility index (Phi) is 9.94. The number of rotatable bonds is 11. The van der Waals surface area contributed by atoms with Crippen LogP contribution in [0.2, 0.25) is 5.02 Å². The third-order valence-electron chi connectivity index (χ3n) is 7.34. The number of nitrogens with zero attached hydrogens (tertiary/aromatic N) is 2. The molecule has 1 aliphatic rings. The van der Waals surface area contributed by atoms with Crippen LogP contribution < -0.4 is 14.4 Å². The van der Waals surface area contributed by atoms with Gasteiger partial charge in [-0.3, -0.25) is 13.9 Å². The molecule has 0 spiro atoms. The monoisotopic (exact) mass is 597 g/mol. The van der Waals surface area contributed by atoms with E-state index in [-0.39, 0.29) is 29.1 Å². The number of benzene rings is 3. The summed E-state index contributed by atoms with van der Waals surface area (Å²) in [6, 6.07) is 19.2. The first-order chi connectivity index (χ1) is 19.6. The van der Waals surface area contributed by atoms with E-state index in [1.807, 2.05) is 13.0 Å². The quantitative estimate of drug-likeness (QED) is 0.322. The molecule has 4 rings (SSSR count). The lowest BCUT2D eigenvalue weighted by molar-refractivity contribution is -0.139. The summed E-state index contributed by atoms with van der Waals surface area (Å²) in [6.45, 7) is 3.09. The zero-order chi connectivity index (χ0) is 29.6. The van der Waals surface area contributed by atoms with E-state index in [1.54, 1.807) is 62.6 Å². The molecule has 218 valence electrons. The molecule has 1 N–H and O–H groups in total. The number of halogens is 1. The van der Waals surface area contributed by atoms with Crippen LogP contribution in [0.3, 0.4) is 0 Å². The van der Waals surface area contributed by atoms with Crippen LogP contribution in [0.1, 0.15) is 43.7 Å². The van der Waals surface area contributed by atoms with Gasteiger partial charge in [-0.2, -0.15) is 0 Å². The van der Waals surface area contributed by atoms with Gasteiger partial charge in [0, 0.05) is 17.6 Å². The minimum absolute atomic E-state index is 0.0437. The van der Waals surface area contributed by atoms with Crippen molar-refractivity contribution >= 4 is 39.1 Å². The highest BCUT2D eigenvalue weighted by Crippen LogP contribution is 2.27. The number of aryl methyl sites for hydroxylation is 1. The molecule has 0 unspecified atom stereocenters. The van der Waals surface area contributed by atoms with Gasteiger partial charge in [-0.1, -0.05) is 60.3 Å². The maximum Gasteiger partial charge on any atom is 0.264 e. The Morgan fingerprint density at radius 3 is 2.37 bits per heavy atom.